The lowest BCUT2D eigenvalue weighted by Gasteiger charge is -2.12. The van der Waals surface area contributed by atoms with Gasteiger partial charge < -0.3 is 10.1 Å². The van der Waals surface area contributed by atoms with Crippen LogP contribution >= 0.6 is 0 Å². The Kier molecular flexibility index (Phi) is 1.03. The maximum absolute atomic E-state index is 10.5. The first-order chi connectivity index (χ1) is 4.68. The molecule has 1 saturated heterocycles. The van der Waals surface area contributed by atoms with Gasteiger partial charge in [0.05, 0.1) is 6.04 Å². The lowest BCUT2D eigenvalue weighted by atomic mass is 10.0. The highest BCUT2D eigenvalue weighted by Crippen LogP contribution is 2.61. The number of hydrogen-bond donors (Lipinski definition) is 1. The Morgan fingerprint density at radius 1 is 1.60 bits per heavy atom. The van der Waals surface area contributed by atoms with E-state index in [1.807, 2.05) is 0 Å². The van der Waals surface area contributed by atoms with E-state index in [0.717, 1.165) is 18.7 Å². The van der Waals surface area contributed by atoms with Crippen molar-refractivity contribution < 1.29 is 4.79 Å². The predicted octanol–water partition coefficient (Wildman–Crippen LogP) is 0.429. The molecule has 1 aliphatic heterocycles. The molecule has 0 bridgehead atoms. The molecule has 2 fully saturated rings. The molecule has 0 spiro atoms. The average molecular weight is 139 g/mol. The molecule has 1 aliphatic carbocycles. The van der Waals surface area contributed by atoms with Gasteiger partial charge in [0.2, 0.25) is 0 Å². The molecule has 1 N–H and O–H groups in total. The zero-order valence-electron chi connectivity index (χ0n) is 6.42. The molecular formula is C8H13NO. The Hall–Kier alpha value is -0.370. The van der Waals surface area contributed by atoms with Gasteiger partial charge in [0.25, 0.3) is 0 Å². The van der Waals surface area contributed by atoms with Gasteiger partial charge in [-0.25, -0.2) is 0 Å². The fourth-order valence-electron chi connectivity index (χ4n) is 2.41. The third-order valence-corrected chi connectivity index (χ3v) is 3.25. The van der Waals surface area contributed by atoms with E-state index in [9.17, 15) is 4.79 Å². The number of carbonyl (C=O) groups is 1. The van der Waals surface area contributed by atoms with Crippen LogP contribution in [0.1, 0.15) is 13.8 Å². The molecule has 2 unspecified atom stereocenters. The SMILES string of the molecule is CC1(C)C2CN[C@H](C=O)C21. The summed E-state index contributed by atoms with van der Waals surface area (Å²) in [6.07, 6.45) is 1.05. The lowest BCUT2D eigenvalue weighted by Crippen LogP contribution is -2.31. The predicted molar refractivity (Wildman–Crippen MR) is 38.6 cm³/mol. The van der Waals surface area contributed by atoms with Crippen LogP contribution in [-0.2, 0) is 4.79 Å². The van der Waals surface area contributed by atoms with Crippen LogP contribution in [0.25, 0.3) is 0 Å². The maximum atomic E-state index is 10.5. The number of aldehydes is 1. The first-order valence-corrected chi connectivity index (χ1v) is 3.86. The van der Waals surface area contributed by atoms with Gasteiger partial charge in [0, 0.05) is 0 Å². The summed E-state index contributed by atoms with van der Waals surface area (Å²) in [5.41, 5.74) is 0.441. The topological polar surface area (TPSA) is 29.1 Å². The lowest BCUT2D eigenvalue weighted by molar-refractivity contribution is -0.109. The van der Waals surface area contributed by atoms with Gasteiger partial charge in [0.1, 0.15) is 6.29 Å². The van der Waals surface area contributed by atoms with Crippen LogP contribution in [0.5, 0.6) is 0 Å². The number of fused-ring (bicyclic) bond motifs is 1. The van der Waals surface area contributed by atoms with Crippen LogP contribution in [0.15, 0.2) is 0 Å². The van der Waals surface area contributed by atoms with E-state index in [4.69, 9.17) is 0 Å². The summed E-state index contributed by atoms with van der Waals surface area (Å²) in [6, 6.07) is 0.153. The second kappa shape index (κ2) is 1.62. The molecule has 0 amide bonds. The zero-order chi connectivity index (χ0) is 7.35. The second-order valence-electron chi connectivity index (χ2n) is 4.02. The summed E-state index contributed by atoms with van der Waals surface area (Å²) in [6.45, 7) is 5.54. The number of rotatable bonds is 1. The molecule has 56 valence electrons. The molecule has 0 aromatic carbocycles. The van der Waals surface area contributed by atoms with E-state index in [2.05, 4.69) is 19.2 Å². The third kappa shape index (κ3) is 0.553. The molecular weight excluding hydrogens is 126 g/mol. The Morgan fingerprint density at radius 3 is 2.60 bits per heavy atom. The number of carbonyl (C=O) groups excluding carboxylic acids is 1. The van der Waals surface area contributed by atoms with Gasteiger partial charge in [0.15, 0.2) is 0 Å². The van der Waals surface area contributed by atoms with Gasteiger partial charge in [-0.2, -0.15) is 0 Å². The highest BCUT2D eigenvalue weighted by Gasteiger charge is 2.63. The van der Waals surface area contributed by atoms with Crippen molar-refractivity contribution in [3.8, 4) is 0 Å². The number of hydrogen-bond acceptors (Lipinski definition) is 2. The summed E-state index contributed by atoms with van der Waals surface area (Å²) < 4.78 is 0. The normalized spacial score (nSPS) is 48.4. The van der Waals surface area contributed by atoms with Crippen LogP contribution in [0.4, 0.5) is 0 Å². The van der Waals surface area contributed by atoms with Gasteiger partial charge in [-0.05, 0) is 23.8 Å². The molecule has 1 heterocycles. The van der Waals surface area contributed by atoms with Gasteiger partial charge in [-0.15, -0.1) is 0 Å². The van der Waals surface area contributed by atoms with E-state index in [-0.39, 0.29) is 6.04 Å². The quantitative estimate of drug-likeness (QED) is 0.534. The van der Waals surface area contributed by atoms with Crippen LogP contribution in [-0.4, -0.2) is 18.9 Å². The zero-order valence-corrected chi connectivity index (χ0v) is 6.42. The number of nitrogens with one attached hydrogen (secondary N) is 1. The largest absolute Gasteiger partial charge is 0.307 e. The van der Waals surface area contributed by atoms with E-state index >= 15 is 0 Å². The van der Waals surface area contributed by atoms with Crippen LogP contribution < -0.4 is 5.32 Å². The van der Waals surface area contributed by atoms with Crippen LogP contribution in [0.3, 0.4) is 0 Å². The van der Waals surface area contributed by atoms with Crippen molar-refractivity contribution in [3.63, 3.8) is 0 Å². The summed E-state index contributed by atoms with van der Waals surface area (Å²) in [5.74, 6) is 1.40. The molecule has 1 saturated carbocycles. The monoisotopic (exact) mass is 139 g/mol. The Labute approximate surface area is 61.0 Å². The fourth-order valence-corrected chi connectivity index (χ4v) is 2.41. The van der Waals surface area contributed by atoms with E-state index in [1.54, 1.807) is 0 Å². The van der Waals surface area contributed by atoms with Gasteiger partial charge in [-0.3, -0.25) is 0 Å². The summed E-state index contributed by atoms with van der Waals surface area (Å²) in [5, 5.41) is 3.19. The van der Waals surface area contributed by atoms with Crippen molar-refractivity contribution in [1.29, 1.82) is 0 Å². The molecule has 3 atom stereocenters. The van der Waals surface area contributed by atoms with Gasteiger partial charge in [-0.1, -0.05) is 13.8 Å². The van der Waals surface area contributed by atoms with E-state index in [0.29, 0.717) is 11.3 Å². The first-order valence-electron chi connectivity index (χ1n) is 3.86. The Balaban J connectivity index is 2.13. The average Bonchev–Trinajstić information content (AvgIpc) is 2.28. The van der Waals surface area contributed by atoms with Crippen molar-refractivity contribution in [3.05, 3.63) is 0 Å². The summed E-state index contributed by atoms with van der Waals surface area (Å²) in [7, 11) is 0. The molecule has 10 heavy (non-hydrogen) atoms. The Morgan fingerprint density at radius 2 is 2.30 bits per heavy atom. The van der Waals surface area contributed by atoms with Crippen molar-refractivity contribution in [2.75, 3.05) is 6.54 Å². The second-order valence-corrected chi connectivity index (χ2v) is 4.02. The molecule has 0 aromatic heterocycles. The van der Waals surface area contributed by atoms with Crippen molar-refractivity contribution >= 4 is 6.29 Å². The van der Waals surface area contributed by atoms with Crippen molar-refractivity contribution in [2.24, 2.45) is 17.3 Å². The van der Waals surface area contributed by atoms with E-state index < -0.39 is 0 Å². The van der Waals surface area contributed by atoms with Crippen molar-refractivity contribution in [2.45, 2.75) is 19.9 Å². The summed E-state index contributed by atoms with van der Waals surface area (Å²) >= 11 is 0. The highest BCUT2D eigenvalue weighted by atomic mass is 16.1. The molecule has 2 rings (SSSR count). The minimum absolute atomic E-state index is 0.153. The molecule has 0 radical (unpaired) electrons. The Bertz CT molecular complexity index is 176. The molecule has 2 nitrogen and oxygen atoms in total. The minimum atomic E-state index is 0.153. The molecule has 2 heteroatoms. The van der Waals surface area contributed by atoms with Crippen molar-refractivity contribution in [1.82, 2.24) is 5.32 Å². The smallest absolute Gasteiger partial charge is 0.137 e. The minimum Gasteiger partial charge on any atom is -0.307 e. The fraction of sp³-hybridized carbons (Fsp3) is 0.875. The van der Waals surface area contributed by atoms with Crippen LogP contribution in [0, 0.1) is 17.3 Å². The maximum Gasteiger partial charge on any atom is 0.137 e. The van der Waals surface area contributed by atoms with E-state index in [1.165, 1.54) is 0 Å². The highest BCUT2D eigenvalue weighted by molar-refractivity contribution is 5.61. The van der Waals surface area contributed by atoms with Crippen LogP contribution in [0.2, 0.25) is 0 Å². The molecule has 2 aliphatic rings. The molecule has 0 aromatic rings. The summed E-state index contributed by atoms with van der Waals surface area (Å²) in [4.78, 5) is 10.5. The van der Waals surface area contributed by atoms with Gasteiger partial charge >= 0.3 is 0 Å². The first kappa shape index (κ1) is 6.35. The third-order valence-electron chi connectivity index (χ3n) is 3.25. The standard InChI is InChI=1S/C8H13NO/c1-8(2)5-3-9-6(4-10)7(5)8/h4-7,9H,3H2,1-2H3/t5?,6-,7?/m1/s1. The number of piperidine rings is 1.